The molecule has 1 amide bonds. The smallest absolute Gasteiger partial charge is 0.229 e. The molecule has 2 rings (SSSR count). The highest BCUT2D eigenvalue weighted by atomic mass is 16.2. The molecule has 158 valence electrons. The van der Waals surface area contributed by atoms with Crippen LogP contribution >= 0.6 is 0 Å². The van der Waals surface area contributed by atoms with Crippen molar-refractivity contribution >= 4 is 17.3 Å². The summed E-state index contributed by atoms with van der Waals surface area (Å²) in [5, 5.41) is 3.26. The van der Waals surface area contributed by atoms with Crippen LogP contribution in [0.4, 0.5) is 11.4 Å². The van der Waals surface area contributed by atoms with E-state index in [0.29, 0.717) is 6.54 Å². The number of nitrogens with zero attached hydrogens (tertiary/aromatic N) is 1. The minimum Gasteiger partial charge on any atom is -0.369 e. The molecule has 0 aromatic heterocycles. The average molecular weight is 388 g/mol. The van der Waals surface area contributed by atoms with Crippen LogP contribution in [-0.4, -0.2) is 19.0 Å². The summed E-state index contributed by atoms with van der Waals surface area (Å²) in [4.78, 5) is 15.3. The van der Waals surface area contributed by atoms with Gasteiger partial charge in [0, 0.05) is 25.0 Å². The molecule has 0 unspecified atom stereocenters. The van der Waals surface area contributed by atoms with Gasteiger partial charge in [-0.05, 0) is 48.9 Å². The Morgan fingerprint density at radius 1 is 1.07 bits per heavy atom. The number of rotatable bonds is 9. The number of carbonyl (C=O) groups is 1. The van der Waals surface area contributed by atoms with Crippen LogP contribution in [0.3, 0.4) is 0 Å². The van der Waals surface area contributed by atoms with Crippen molar-refractivity contribution in [3.8, 4) is 0 Å². The Morgan fingerprint density at radius 3 is 2.32 bits per heavy atom. The number of nitrogens with one attached hydrogen (secondary N) is 1. The zero-order chi connectivity index (χ0) is 20.9. The van der Waals surface area contributed by atoms with Gasteiger partial charge in [-0.3, -0.25) is 4.79 Å². The lowest BCUT2D eigenvalue weighted by Crippen LogP contribution is -2.30. The lowest BCUT2D eigenvalue weighted by Gasteiger charge is -2.28. The second-order valence-electron chi connectivity index (χ2n) is 9.34. The molecule has 0 saturated carbocycles. The first-order valence-corrected chi connectivity index (χ1v) is 11.1. The summed E-state index contributed by atoms with van der Waals surface area (Å²) in [7, 11) is 0. The zero-order valence-corrected chi connectivity index (χ0v) is 19.0. The number of nitrogens with two attached hydrogens (primary N) is 1. The number of anilines is 2. The lowest BCUT2D eigenvalue weighted by atomic mass is 9.91. The average Bonchev–Trinajstić information content (AvgIpc) is 3.05. The first-order valence-electron chi connectivity index (χ1n) is 11.1. The first kappa shape index (κ1) is 22.7. The second-order valence-corrected chi connectivity index (χ2v) is 9.34. The predicted molar refractivity (Wildman–Crippen MR) is 121 cm³/mol. The minimum absolute atomic E-state index is 0.0658. The Bertz CT molecular complexity index is 688. The van der Waals surface area contributed by atoms with E-state index in [0.717, 1.165) is 30.8 Å². The summed E-state index contributed by atoms with van der Waals surface area (Å²) in [6.07, 6.45) is 8.85. The van der Waals surface area contributed by atoms with Crippen molar-refractivity contribution in [1.29, 1.82) is 0 Å². The molecule has 0 spiro atoms. The standard InChI is InChI=1S/C24H41N3O/c1-7-8-9-10-11-12-14-27-15-13-19-17(2)20(16-25)18(3)21(22(19)27)26-23(28)24(4,5)6/h7-16,25H2,1-6H3,(H,26,28). The Morgan fingerprint density at radius 2 is 1.71 bits per heavy atom. The van der Waals surface area contributed by atoms with Crippen LogP contribution in [0, 0.1) is 19.3 Å². The molecule has 0 saturated heterocycles. The van der Waals surface area contributed by atoms with Gasteiger partial charge in [-0.25, -0.2) is 0 Å². The summed E-state index contributed by atoms with van der Waals surface area (Å²) in [6, 6.07) is 0. The summed E-state index contributed by atoms with van der Waals surface area (Å²) in [5.41, 5.74) is 12.9. The van der Waals surface area contributed by atoms with Crippen LogP contribution in [0.2, 0.25) is 0 Å². The van der Waals surface area contributed by atoms with Crippen molar-refractivity contribution in [1.82, 2.24) is 0 Å². The second kappa shape index (κ2) is 9.78. The molecule has 3 N–H and O–H groups in total. The molecule has 1 aromatic carbocycles. The molecule has 0 aliphatic carbocycles. The topological polar surface area (TPSA) is 58.4 Å². The van der Waals surface area contributed by atoms with E-state index in [-0.39, 0.29) is 5.91 Å². The highest BCUT2D eigenvalue weighted by molar-refractivity contribution is 6.00. The van der Waals surface area contributed by atoms with E-state index >= 15 is 0 Å². The number of unbranched alkanes of at least 4 members (excludes halogenated alkanes) is 5. The van der Waals surface area contributed by atoms with Gasteiger partial charge in [0.2, 0.25) is 5.91 Å². The van der Waals surface area contributed by atoms with Crippen molar-refractivity contribution in [2.24, 2.45) is 11.1 Å². The lowest BCUT2D eigenvalue weighted by molar-refractivity contribution is -0.123. The van der Waals surface area contributed by atoms with Gasteiger partial charge >= 0.3 is 0 Å². The van der Waals surface area contributed by atoms with E-state index in [9.17, 15) is 4.79 Å². The third-order valence-electron chi connectivity index (χ3n) is 6.11. The minimum atomic E-state index is -0.421. The van der Waals surface area contributed by atoms with E-state index in [1.54, 1.807) is 0 Å². The third-order valence-corrected chi connectivity index (χ3v) is 6.11. The molecule has 1 aromatic rings. The number of hydrogen-bond donors (Lipinski definition) is 2. The molecule has 4 heteroatoms. The summed E-state index contributed by atoms with van der Waals surface area (Å²) in [5.74, 6) is 0.0658. The predicted octanol–water partition coefficient (Wildman–Crippen LogP) is 5.47. The largest absolute Gasteiger partial charge is 0.369 e. The fraction of sp³-hybridized carbons (Fsp3) is 0.708. The monoisotopic (exact) mass is 387 g/mol. The van der Waals surface area contributed by atoms with Gasteiger partial charge in [-0.2, -0.15) is 0 Å². The maximum Gasteiger partial charge on any atom is 0.229 e. The normalized spacial score (nSPS) is 13.8. The van der Waals surface area contributed by atoms with Crippen LogP contribution < -0.4 is 16.0 Å². The van der Waals surface area contributed by atoms with E-state index in [2.05, 4.69) is 31.0 Å². The Balaban J connectivity index is 2.27. The van der Waals surface area contributed by atoms with Crippen LogP contribution in [0.15, 0.2) is 0 Å². The highest BCUT2D eigenvalue weighted by Gasteiger charge is 2.30. The maximum absolute atomic E-state index is 12.8. The number of amides is 1. The molecular formula is C24H41N3O. The van der Waals surface area contributed by atoms with Crippen molar-refractivity contribution in [3.63, 3.8) is 0 Å². The molecule has 4 nitrogen and oxygen atoms in total. The number of hydrogen-bond acceptors (Lipinski definition) is 3. The summed E-state index contributed by atoms with van der Waals surface area (Å²) < 4.78 is 0. The van der Waals surface area contributed by atoms with Gasteiger partial charge in [-0.15, -0.1) is 0 Å². The van der Waals surface area contributed by atoms with E-state index in [4.69, 9.17) is 5.73 Å². The number of benzene rings is 1. The Hall–Kier alpha value is -1.55. The van der Waals surface area contributed by atoms with Gasteiger partial charge in [0.1, 0.15) is 0 Å². The SMILES string of the molecule is CCCCCCCCN1CCc2c(C)c(CN)c(C)c(NC(=O)C(C)(C)C)c21. The van der Waals surface area contributed by atoms with Crippen LogP contribution in [0.5, 0.6) is 0 Å². The molecule has 0 radical (unpaired) electrons. The quantitative estimate of drug-likeness (QED) is 0.552. The highest BCUT2D eigenvalue weighted by Crippen LogP contribution is 2.43. The molecular weight excluding hydrogens is 346 g/mol. The van der Waals surface area contributed by atoms with Crippen molar-refractivity contribution in [2.45, 2.75) is 93.0 Å². The van der Waals surface area contributed by atoms with E-state index in [1.807, 2.05) is 20.8 Å². The summed E-state index contributed by atoms with van der Waals surface area (Å²) >= 11 is 0. The van der Waals surface area contributed by atoms with Crippen molar-refractivity contribution in [3.05, 3.63) is 22.3 Å². The van der Waals surface area contributed by atoms with Crippen LogP contribution in [0.1, 0.15) is 88.5 Å². The van der Waals surface area contributed by atoms with Crippen molar-refractivity contribution in [2.75, 3.05) is 23.3 Å². The van der Waals surface area contributed by atoms with E-state index in [1.165, 1.54) is 60.9 Å². The van der Waals surface area contributed by atoms with Crippen molar-refractivity contribution < 1.29 is 4.79 Å². The van der Waals surface area contributed by atoms with E-state index < -0.39 is 5.41 Å². The summed E-state index contributed by atoms with van der Waals surface area (Å²) in [6.45, 7) is 15.1. The molecule has 1 aliphatic rings. The van der Waals surface area contributed by atoms with Gasteiger partial charge in [0.15, 0.2) is 0 Å². The Labute approximate surface area is 172 Å². The fourth-order valence-electron chi connectivity index (χ4n) is 4.20. The van der Waals surface area contributed by atoms with Gasteiger partial charge in [0.25, 0.3) is 0 Å². The number of carbonyl (C=O) groups excluding carboxylic acids is 1. The fourth-order valence-corrected chi connectivity index (χ4v) is 4.20. The van der Waals surface area contributed by atoms with Crippen LogP contribution in [-0.2, 0) is 17.8 Å². The molecule has 0 fully saturated rings. The first-order chi connectivity index (χ1) is 13.2. The molecule has 28 heavy (non-hydrogen) atoms. The molecule has 0 atom stereocenters. The third kappa shape index (κ3) is 5.08. The maximum atomic E-state index is 12.8. The van der Waals surface area contributed by atoms with Gasteiger partial charge < -0.3 is 16.0 Å². The molecule has 1 aliphatic heterocycles. The molecule has 0 bridgehead atoms. The van der Waals surface area contributed by atoms with Crippen LogP contribution in [0.25, 0.3) is 0 Å². The van der Waals surface area contributed by atoms with Gasteiger partial charge in [-0.1, -0.05) is 59.8 Å². The molecule has 1 heterocycles. The Kier molecular flexibility index (Phi) is 7.94. The zero-order valence-electron chi connectivity index (χ0n) is 19.0. The van der Waals surface area contributed by atoms with Gasteiger partial charge in [0.05, 0.1) is 11.4 Å². The number of fused-ring (bicyclic) bond motifs is 1.